The molecule has 0 radical (unpaired) electrons. The van der Waals surface area contributed by atoms with E-state index in [4.69, 9.17) is 0 Å². The van der Waals surface area contributed by atoms with Gasteiger partial charge in [0.15, 0.2) is 0 Å². The van der Waals surface area contributed by atoms with E-state index in [9.17, 15) is 17.6 Å². The molecule has 0 N–H and O–H groups in total. The molecule has 0 unspecified atom stereocenters. The SMILES string of the molecule is Cc1c(CF)c(CF)cc(CF)c1CF. The van der Waals surface area contributed by atoms with Gasteiger partial charge in [0.25, 0.3) is 0 Å². The van der Waals surface area contributed by atoms with Crippen molar-refractivity contribution >= 4 is 0 Å². The molecular formula is C11H12F4. The van der Waals surface area contributed by atoms with Gasteiger partial charge in [-0.15, -0.1) is 0 Å². The number of rotatable bonds is 4. The van der Waals surface area contributed by atoms with Crippen molar-refractivity contribution in [2.24, 2.45) is 0 Å². The van der Waals surface area contributed by atoms with Crippen LogP contribution in [0, 0.1) is 6.92 Å². The van der Waals surface area contributed by atoms with Gasteiger partial charge < -0.3 is 0 Å². The first-order valence-electron chi connectivity index (χ1n) is 4.56. The predicted octanol–water partition coefficient (Wildman–Crippen LogP) is 3.87. The minimum atomic E-state index is -0.861. The Morgan fingerprint density at radius 1 is 0.800 bits per heavy atom. The van der Waals surface area contributed by atoms with Gasteiger partial charge in [0, 0.05) is 0 Å². The second-order valence-corrected chi connectivity index (χ2v) is 3.31. The summed E-state index contributed by atoms with van der Waals surface area (Å²) in [5, 5.41) is 0. The second-order valence-electron chi connectivity index (χ2n) is 3.31. The van der Waals surface area contributed by atoms with Crippen LogP contribution in [0.2, 0.25) is 0 Å². The summed E-state index contributed by atoms with van der Waals surface area (Å²) in [5.74, 6) is 0. The molecule has 84 valence electrons. The molecular weight excluding hydrogens is 208 g/mol. The van der Waals surface area contributed by atoms with Gasteiger partial charge in [-0.3, -0.25) is 0 Å². The number of halogens is 4. The summed E-state index contributed by atoms with van der Waals surface area (Å²) in [6.07, 6.45) is 0. The first-order valence-corrected chi connectivity index (χ1v) is 4.56. The monoisotopic (exact) mass is 220 g/mol. The van der Waals surface area contributed by atoms with Crippen LogP contribution in [0.1, 0.15) is 27.8 Å². The van der Waals surface area contributed by atoms with Crippen molar-refractivity contribution in [1.29, 1.82) is 0 Å². The molecule has 0 nitrogen and oxygen atoms in total. The van der Waals surface area contributed by atoms with Crippen LogP contribution in [-0.2, 0) is 26.7 Å². The number of benzene rings is 1. The first-order chi connectivity index (χ1) is 7.19. The largest absolute Gasteiger partial charge is 0.246 e. The zero-order chi connectivity index (χ0) is 11.4. The van der Waals surface area contributed by atoms with E-state index in [1.807, 2.05) is 0 Å². The maximum Gasteiger partial charge on any atom is 0.115 e. The van der Waals surface area contributed by atoms with Gasteiger partial charge in [0.1, 0.15) is 26.7 Å². The zero-order valence-corrected chi connectivity index (χ0v) is 8.42. The molecule has 4 heteroatoms. The van der Waals surface area contributed by atoms with E-state index >= 15 is 0 Å². The topological polar surface area (TPSA) is 0 Å². The number of hydrogen-bond acceptors (Lipinski definition) is 0. The molecule has 0 spiro atoms. The minimum absolute atomic E-state index is 0.111. The first kappa shape index (κ1) is 12.0. The normalized spacial score (nSPS) is 10.7. The smallest absolute Gasteiger partial charge is 0.115 e. The molecule has 0 aliphatic heterocycles. The van der Waals surface area contributed by atoms with Gasteiger partial charge in [0.05, 0.1) is 0 Å². The Morgan fingerprint density at radius 2 is 1.20 bits per heavy atom. The Bertz CT molecular complexity index is 317. The molecule has 0 atom stereocenters. The maximum atomic E-state index is 12.6. The molecule has 1 aromatic carbocycles. The Labute approximate surface area is 85.9 Å². The molecule has 1 rings (SSSR count). The van der Waals surface area contributed by atoms with E-state index in [1.54, 1.807) is 0 Å². The van der Waals surface area contributed by atoms with E-state index in [-0.39, 0.29) is 22.3 Å². The maximum absolute atomic E-state index is 12.6. The van der Waals surface area contributed by atoms with Gasteiger partial charge in [-0.2, -0.15) is 0 Å². The lowest BCUT2D eigenvalue weighted by Gasteiger charge is -2.14. The summed E-state index contributed by atoms with van der Waals surface area (Å²) in [6.45, 7) is -1.95. The van der Waals surface area contributed by atoms with E-state index in [0.717, 1.165) is 0 Å². The van der Waals surface area contributed by atoms with Crippen LogP contribution in [0.4, 0.5) is 17.6 Å². The average molecular weight is 220 g/mol. The standard InChI is InChI=1S/C11H12F4/c1-7-10(5-14)8(3-12)2-9(4-13)11(7)6-15/h2H,3-6H2,1H3. The van der Waals surface area contributed by atoms with E-state index < -0.39 is 26.7 Å². The molecule has 0 bridgehead atoms. The minimum Gasteiger partial charge on any atom is -0.246 e. The van der Waals surface area contributed by atoms with Gasteiger partial charge in [-0.25, -0.2) is 17.6 Å². The summed E-state index contributed by atoms with van der Waals surface area (Å²) in [7, 11) is 0. The van der Waals surface area contributed by atoms with Gasteiger partial charge in [-0.05, 0) is 40.8 Å². The third kappa shape index (κ3) is 2.13. The highest BCUT2D eigenvalue weighted by atomic mass is 19.1. The quantitative estimate of drug-likeness (QED) is 0.675. The molecule has 0 aliphatic carbocycles. The lowest BCUT2D eigenvalue weighted by molar-refractivity contribution is 0.436. The molecule has 0 saturated heterocycles. The fourth-order valence-corrected chi connectivity index (χ4v) is 1.66. The summed E-state index contributed by atoms with van der Waals surface area (Å²) in [6, 6.07) is 1.21. The van der Waals surface area contributed by atoms with Crippen molar-refractivity contribution in [1.82, 2.24) is 0 Å². The molecule has 0 saturated carbocycles. The Morgan fingerprint density at radius 3 is 1.47 bits per heavy atom. The molecule has 1 aromatic rings. The molecule has 0 aromatic heterocycles. The van der Waals surface area contributed by atoms with Gasteiger partial charge in [-0.1, -0.05) is 0 Å². The van der Waals surface area contributed by atoms with Crippen molar-refractivity contribution in [2.75, 3.05) is 0 Å². The van der Waals surface area contributed by atoms with Crippen molar-refractivity contribution in [2.45, 2.75) is 33.6 Å². The van der Waals surface area contributed by atoms with E-state index in [1.165, 1.54) is 13.0 Å². The van der Waals surface area contributed by atoms with Crippen LogP contribution in [-0.4, -0.2) is 0 Å². The predicted molar refractivity (Wildman–Crippen MR) is 50.4 cm³/mol. The summed E-state index contributed by atoms with van der Waals surface area (Å²) in [5.41, 5.74) is 0.826. The van der Waals surface area contributed by atoms with E-state index in [0.29, 0.717) is 5.56 Å². The van der Waals surface area contributed by atoms with Gasteiger partial charge in [0.2, 0.25) is 0 Å². The second kappa shape index (κ2) is 5.14. The third-order valence-corrected chi connectivity index (χ3v) is 2.58. The Hall–Kier alpha value is -1.06. The van der Waals surface area contributed by atoms with Gasteiger partial charge >= 0.3 is 0 Å². The average Bonchev–Trinajstić information content (AvgIpc) is 2.27. The van der Waals surface area contributed by atoms with Crippen molar-refractivity contribution in [3.63, 3.8) is 0 Å². The zero-order valence-electron chi connectivity index (χ0n) is 8.42. The molecule has 15 heavy (non-hydrogen) atoms. The third-order valence-electron chi connectivity index (χ3n) is 2.58. The van der Waals surface area contributed by atoms with Crippen LogP contribution in [0.15, 0.2) is 6.07 Å². The van der Waals surface area contributed by atoms with Crippen molar-refractivity contribution < 1.29 is 17.6 Å². The van der Waals surface area contributed by atoms with E-state index in [2.05, 4.69) is 0 Å². The van der Waals surface area contributed by atoms with Crippen LogP contribution < -0.4 is 0 Å². The highest BCUT2D eigenvalue weighted by molar-refractivity contribution is 5.44. The van der Waals surface area contributed by atoms with Crippen LogP contribution in [0.5, 0.6) is 0 Å². The molecule has 0 heterocycles. The highest BCUT2D eigenvalue weighted by Crippen LogP contribution is 2.26. The number of alkyl halides is 4. The summed E-state index contributed by atoms with van der Waals surface area (Å²) in [4.78, 5) is 0. The molecule has 0 amide bonds. The Kier molecular flexibility index (Phi) is 4.12. The van der Waals surface area contributed by atoms with Crippen LogP contribution >= 0.6 is 0 Å². The molecule has 0 fully saturated rings. The van der Waals surface area contributed by atoms with Crippen molar-refractivity contribution in [3.8, 4) is 0 Å². The van der Waals surface area contributed by atoms with Crippen LogP contribution in [0.25, 0.3) is 0 Å². The fourth-order valence-electron chi connectivity index (χ4n) is 1.66. The fraction of sp³-hybridized carbons (Fsp3) is 0.455. The number of hydrogen-bond donors (Lipinski definition) is 0. The highest BCUT2D eigenvalue weighted by Gasteiger charge is 2.14. The summed E-state index contributed by atoms with van der Waals surface area (Å²) >= 11 is 0. The lowest BCUT2D eigenvalue weighted by atomic mass is 9.94. The molecule has 0 aliphatic rings. The Balaban J connectivity index is 3.41. The van der Waals surface area contributed by atoms with Crippen molar-refractivity contribution in [3.05, 3.63) is 33.9 Å². The lowest BCUT2D eigenvalue weighted by Crippen LogP contribution is -2.02. The summed E-state index contributed by atoms with van der Waals surface area (Å²) < 4.78 is 50.2. The van der Waals surface area contributed by atoms with Crippen LogP contribution in [0.3, 0.4) is 0 Å².